The molecule has 0 saturated carbocycles. The number of ether oxygens (including phenoxy) is 1. The SMILES string of the molecule is Cc1ccc(Cn2cc(C(=O)O)c3cccc(N4C[C@@H](C)n5c(c(CCCOc6cc(C)c(Cl)c(C)c6)c6ccc(Cl)c(-c7c(C)nn(C)c7C)c65)C4=O)c32)nc1. The molecule has 1 aliphatic heterocycles. The number of halogens is 2. The molecule has 0 radical (unpaired) electrons. The lowest BCUT2D eigenvalue weighted by Gasteiger charge is -2.35. The molecule has 57 heavy (non-hydrogen) atoms. The third-order valence-electron chi connectivity index (χ3n) is 11.3. The van der Waals surface area contributed by atoms with E-state index >= 15 is 4.79 Å². The van der Waals surface area contributed by atoms with Crippen molar-refractivity contribution in [3.63, 3.8) is 0 Å². The summed E-state index contributed by atoms with van der Waals surface area (Å²) < 4.78 is 12.2. The van der Waals surface area contributed by atoms with E-state index in [2.05, 4.69) is 16.5 Å². The fourth-order valence-electron chi connectivity index (χ4n) is 8.56. The highest BCUT2D eigenvalue weighted by Gasteiger charge is 2.38. The number of aromatic nitrogens is 5. The highest BCUT2D eigenvalue weighted by molar-refractivity contribution is 6.35. The van der Waals surface area contributed by atoms with Crippen molar-refractivity contribution in [3.05, 3.63) is 128 Å². The summed E-state index contributed by atoms with van der Waals surface area (Å²) in [5, 5.41) is 17.8. The van der Waals surface area contributed by atoms with Crippen molar-refractivity contribution in [2.45, 2.75) is 67.0 Å². The highest BCUT2D eigenvalue weighted by Crippen LogP contribution is 2.46. The van der Waals surface area contributed by atoms with E-state index in [9.17, 15) is 9.90 Å². The van der Waals surface area contributed by atoms with Crippen LogP contribution in [0.4, 0.5) is 5.69 Å². The number of amides is 1. The second-order valence-electron chi connectivity index (χ2n) is 15.2. The lowest BCUT2D eigenvalue weighted by Crippen LogP contribution is -2.43. The van der Waals surface area contributed by atoms with Gasteiger partial charge in [0.2, 0.25) is 0 Å². The van der Waals surface area contributed by atoms with E-state index in [4.69, 9.17) is 33.0 Å². The van der Waals surface area contributed by atoms with Gasteiger partial charge < -0.3 is 23.9 Å². The van der Waals surface area contributed by atoms with Gasteiger partial charge in [-0.25, -0.2) is 4.79 Å². The predicted molar refractivity (Wildman–Crippen MR) is 227 cm³/mol. The number of hydrogen-bond acceptors (Lipinski definition) is 5. The van der Waals surface area contributed by atoms with Crippen molar-refractivity contribution in [3.8, 4) is 16.9 Å². The quantitative estimate of drug-likeness (QED) is 0.138. The van der Waals surface area contributed by atoms with Gasteiger partial charge in [-0.15, -0.1) is 0 Å². The third-order valence-corrected chi connectivity index (χ3v) is 12.2. The molecular weight excluding hydrogens is 759 g/mol. The molecular formula is C45H44Cl2N6O4. The zero-order chi connectivity index (χ0) is 40.4. The first kappa shape index (κ1) is 38.3. The Balaban J connectivity index is 1.28. The number of carboxylic acid groups (broad SMARTS) is 1. The van der Waals surface area contributed by atoms with Crippen molar-refractivity contribution >= 4 is 62.6 Å². The second kappa shape index (κ2) is 14.7. The molecule has 0 unspecified atom stereocenters. The third kappa shape index (κ3) is 6.54. The molecule has 292 valence electrons. The highest BCUT2D eigenvalue weighted by atomic mass is 35.5. The van der Waals surface area contributed by atoms with Crippen LogP contribution in [0.5, 0.6) is 5.75 Å². The maximum absolute atomic E-state index is 15.4. The normalized spacial score (nSPS) is 14.2. The van der Waals surface area contributed by atoms with Crippen LogP contribution in [0, 0.1) is 34.6 Å². The smallest absolute Gasteiger partial charge is 0.337 e. The van der Waals surface area contributed by atoms with Crippen LogP contribution in [0.3, 0.4) is 0 Å². The lowest BCUT2D eigenvalue weighted by molar-refractivity contribution is 0.0698. The number of nitrogens with zero attached hydrogens (tertiary/aromatic N) is 6. The molecule has 0 bridgehead atoms. The Hall–Kier alpha value is -5.58. The number of pyridine rings is 1. The summed E-state index contributed by atoms with van der Waals surface area (Å²) in [6.07, 6.45) is 4.65. The fraction of sp³-hybridized carbons (Fsp3) is 0.289. The number of carbonyl (C=O) groups is 2. The first-order valence-corrected chi connectivity index (χ1v) is 19.8. The Bertz CT molecular complexity index is 2740. The molecule has 3 aromatic carbocycles. The minimum atomic E-state index is -1.04. The Morgan fingerprint density at radius 3 is 2.39 bits per heavy atom. The first-order chi connectivity index (χ1) is 27.2. The Labute approximate surface area is 341 Å². The standard InChI is InChI=1S/C45H44Cl2N6O4/c1-24-13-14-30(48-20-24)22-51-23-35(45(55)56)33-10-8-12-37(41(33)51)52-21-27(4)53-42-34(15-16-36(46)39(42)38-28(5)49-50(7)29(38)6)32(43(53)44(52)54)11-9-17-57-31-18-25(2)40(47)26(3)19-31/h8,10,12-16,18-20,23,27H,9,11,17,21-22H2,1-7H3,(H,55,56)/t27-/m1/s1. The molecule has 5 heterocycles. The summed E-state index contributed by atoms with van der Waals surface area (Å²) in [6.45, 7) is 13.2. The number of carbonyl (C=O) groups excluding carboxylic acids is 1. The molecule has 0 fully saturated rings. The van der Waals surface area contributed by atoms with E-state index in [0.717, 1.165) is 72.1 Å². The number of rotatable bonds is 10. The number of carboxylic acids is 1. The number of aromatic carboxylic acids is 1. The first-order valence-electron chi connectivity index (χ1n) is 19.1. The van der Waals surface area contributed by atoms with Crippen molar-refractivity contribution < 1.29 is 19.4 Å². The largest absolute Gasteiger partial charge is 0.494 e. The van der Waals surface area contributed by atoms with E-state index in [1.54, 1.807) is 18.5 Å². The van der Waals surface area contributed by atoms with Crippen LogP contribution in [-0.4, -0.2) is 54.0 Å². The van der Waals surface area contributed by atoms with Gasteiger partial charge in [0.25, 0.3) is 5.91 Å². The van der Waals surface area contributed by atoms with E-state index in [1.807, 2.05) is 104 Å². The number of para-hydroxylation sites is 1. The van der Waals surface area contributed by atoms with Gasteiger partial charge in [-0.1, -0.05) is 47.5 Å². The Morgan fingerprint density at radius 2 is 1.72 bits per heavy atom. The molecule has 10 nitrogen and oxygen atoms in total. The summed E-state index contributed by atoms with van der Waals surface area (Å²) in [4.78, 5) is 34.3. The zero-order valence-corrected chi connectivity index (χ0v) is 34.6. The summed E-state index contributed by atoms with van der Waals surface area (Å²) in [6, 6.07) is 17.1. The van der Waals surface area contributed by atoms with Crippen molar-refractivity contribution in [2.75, 3.05) is 18.1 Å². The van der Waals surface area contributed by atoms with Gasteiger partial charge in [0, 0.05) is 64.6 Å². The van der Waals surface area contributed by atoms with Crippen LogP contribution in [0.1, 0.15) is 79.6 Å². The second-order valence-corrected chi connectivity index (χ2v) is 16.0. The molecule has 1 aliphatic rings. The van der Waals surface area contributed by atoms with Gasteiger partial charge >= 0.3 is 5.97 Å². The number of anilines is 1. The molecule has 1 amide bonds. The van der Waals surface area contributed by atoms with Gasteiger partial charge in [-0.3, -0.25) is 14.5 Å². The van der Waals surface area contributed by atoms with Crippen LogP contribution in [0.25, 0.3) is 32.9 Å². The van der Waals surface area contributed by atoms with Gasteiger partial charge in [0.1, 0.15) is 11.4 Å². The molecule has 7 aromatic rings. The van der Waals surface area contributed by atoms with E-state index in [-0.39, 0.29) is 17.5 Å². The van der Waals surface area contributed by atoms with Crippen molar-refractivity contribution in [2.24, 2.45) is 7.05 Å². The van der Waals surface area contributed by atoms with Crippen LogP contribution in [-0.2, 0) is 20.0 Å². The van der Waals surface area contributed by atoms with E-state index in [1.165, 1.54) is 0 Å². The maximum Gasteiger partial charge on any atom is 0.337 e. The van der Waals surface area contributed by atoms with E-state index in [0.29, 0.717) is 59.8 Å². The number of benzene rings is 3. The molecule has 0 aliphatic carbocycles. The molecule has 12 heteroatoms. The number of aryl methyl sites for hydroxylation is 6. The van der Waals surface area contributed by atoms with Crippen LogP contribution in [0.15, 0.2) is 67.0 Å². The molecule has 1 atom stereocenters. The Kier molecular flexibility index (Phi) is 9.90. The molecule has 0 spiro atoms. The van der Waals surface area contributed by atoms with Gasteiger partial charge in [-0.05, 0) is 107 Å². The predicted octanol–water partition coefficient (Wildman–Crippen LogP) is 10.2. The van der Waals surface area contributed by atoms with Crippen molar-refractivity contribution in [1.29, 1.82) is 0 Å². The summed E-state index contributed by atoms with van der Waals surface area (Å²) in [5.74, 6) is -0.454. The average molecular weight is 804 g/mol. The average Bonchev–Trinajstić information content (AvgIpc) is 3.80. The number of fused-ring (bicyclic) bond motifs is 4. The minimum absolute atomic E-state index is 0.166. The maximum atomic E-state index is 15.4. The fourth-order valence-corrected chi connectivity index (χ4v) is 8.91. The van der Waals surface area contributed by atoms with Crippen LogP contribution < -0.4 is 9.64 Å². The monoisotopic (exact) mass is 802 g/mol. The number of hydrogen-bond donors (Lipinski definition) is 1. The summed E-state index contributed by atoms with van der Waals surface area (Å²) >= 11 is 13.6. The van der Waals surface area contributed by atoms with Crippen LogP contribution >= 0.6 is 23.2 Å². The summed E-state index contributed by atoms with van der Waals surface area (Å²) in [7, 11) is 1.92. The Morgan fingerprint density at radius 1 is 0.965 bits per heavy atom. The van der Waals surface area contributed by atoms with Gasteiger partial charge in [0.15, 0.2) is 0 Å². The van der Waals surface area contributed by atoms with Crippen molar-refractivity contribution in [1.82, 2.24) is 23.9 Å². The molecule has 1 N–H and O–H groups in total. The lowest BCUT2D eigenvalue weighted by atomic mass is 9.98. The topological polar surface area (TPSA) is 107 Å². The molecule has 4 aromatic heterocycles. The summed E-state index contributed by atoms with van der Waals surface area (Å²) in [5.41, 5.74) is 11.2. The van der Waals surface area contributed by atoms with E-state index < -0.39 is 5.97 Å². The zero-order valence-electron chi connectivity index (χ0n) is 33.1. The molecule has 0 saturated heterocycles. The van der Waals surface area contributed by atoms with Crippen LogP contribution in [0.2, 0.25) is 10.0 Å². The van der Waals surface area contributed by atoms with Gasteiger partial charge in [-0.2, -0.15) is 5.10 Å². The molecule has 8 rings (SSSR count). The minimum Gasteiger partial charge on any atom is -0.494 e. The van der Waals surface area contributed by atoms with Gasteiger partial charge in [0.05, 0.1) is 51.8 Å².